The van der Waals surface area contributed by atoms with Crippen molar-refractivity contribution in [2.24, 2.45) is 23.2 Å². The Bertz CT molecular complexity index is 630. The summed E-state index contributed by atoms with van der Waals surface area (Å²) in [6.07, 6.45) is 14.0. The van der Waals surface area contributed by atoms with E-state index in [9.17, 15) is 15.3 Å². The molecule has 164 valence electrons. The molecule has 0 aromatic heterocycles. The van der Waals surface area contributed by atoms with Gasteiger partial charge in [0.15, 0.2) is 0 Å². The van der Waals surface area contributed by atoms with Crippen LogP contribution in [0.2, 0.25) is 0 Å². The van der Waals surface area contributed by atoms with Crippen LogP contribution < -0.4 is 0 Å². The predicted molar refractivity (Wildman–Crippen MR) is 119 cm³/mol. The fourth-order valence-electron chi connectivity index (χ4n) is 6.58. The highest BCUT2D eigenvalue weighted by Crippen LogP contribution is 2.59. The van der Waals surface area contributed by atoms with Crippen molar-refractivity contribution in [2.75, 3.05) is 0 Å². The molecule has 0 aromatic carbocycles. The summed E-state index contributed by atoms with van der Waals surface area (Å²) in [5, 5.41) is 29.8. The summed E-state index contributed by atoms with van der Waals surface area (Å²) < 4.78 is 0. The molecule has 0 aliphatic heterocycles. The fraction of sp³-hybridized carbons (Fsp3) is 0.769. The zero-order valence-electron chi connectivity index (χ0n) is 18.7. The molecule has 0 heterocycles. The highest BCUT2D eigenvalue weighted by atomic mass is 16.3. The van der Waals surface area contributed by atoms with Crippen molar-refractivity contribution in [2.45, 2.75) is 103 Å². The van der Waals surface area contributed by atoms with Gasteiger partial charge in [-0.15, -0.1) is 0 Å². The van der Waals surface area contributed by atoms with Gasteiger partial charge in [-0.1, -0.05) is 56.6 Å². The molecule has 3 rings (SSSR count). The lowest BCUT2D eigenvalue weighted by atomic mass is 9.60. The lowest BCUT2D eigenvalue weighted by Gasteiger charge is -2.44. The molecular weight excluding hydrogens is 360 g/mol. The van der Waals surface area contributed by atoms with Crippen LogP contribution in [0.5, 0.6) is 0 Å². The second kappa shape index (κ2) is 9.49. The normalized spacial score (nSPS) is 38.8. The summed E-state index contributed by atoms with van der Waals surface area (Å²) in [4.78, 5) is 0. The highest BCUT2D eigenvalue weighted by Gasteiger charge is 2.50. The summed E-state index contributed by atoms with van der Waals surface area (Å²) in [5.74, 6) is 2.17. The number of rotatable bonds is 6. The molecule has 0 radical (unpaired) electrons. The van der Waals surface area contributed by atoms with Crippen LogP contribution in [0, 0.1) is 23.2 Å². The number of aliphatic hydroxyl groups is 3. The van der Waals surface area contributed by atoms with Crippen LogP contribution in [0.3, 0.4) is 0 Å². The lowest BCUT2D eigenvalue weighted by molar-refractivity contribution is 0.0907. The Hall–Kier alpha value is -0.900. The molecule has 0 spiro atoms. The van der Waals surface area contributed by atoms with Crippen LogP contribution in [-0.4, -0.2) is 33.6 Å². The zero-order chi connectivity index (χ0) is 21.2. The SMILES string of the molecule is C=C1[C@H](O)CC(=CC=C2CCC[C@]3(C)[C@@H]([C@@H](C)CCC[C@@H](C)O)CC[C@@H]23)C[C@H]1O. The molecular formula is C26H42O3. The van der Waals surface area contributed by atoms with Gasteiger partial charge in [-0.05, 0) is 87.0 Å². The maximum atomic E-state index is 10.1. The van der Waals surface area contributed by atoms with Crippen LogP contribution in [0.25, 0.3) is 0 Å². The summed E-state index contributed by atoms with van der Waals surface area (Å²) in [5.41, 5.74) is 3.67. The molecule has 7 atom stereocenters. The Balaban J connectivity index is 1.68. The summed E-state index contributed by atoms with van der Waals surface area (Å²) in [6.45, 7) is 10.7. The second-order valence-corrected chi connectivity index (χ2v) is 10.4. The molecule has 3 heteroatoms. The Morgan fingerprint density at radius 3 is 2.45 bits per heavy atom. The van der Waals surface area contributed by atoms with Crippen LogP contribution in [0.1, 0.15) is 85.0 Å². The third-order valence-electron chi connectivity index (χ3n) is 8.31. The standard InChI is InChI=1S/C26H42O3/c1-17(7-5-8-18(2)27)22-12-13-23-21(9-6-14-26(22,23)4)11-10-20-15-24(28)19(3)25(29)16-20/h10-11,17-18,22-25,27-29H,3,5-9,12-16H2,1-2,4H3/t17-,18+,22+,23-,24+,25+,26+/m0/s1. The van der Waals surface area contributed by atoms with E-state index in [1.54, 1.807) is 5.57 Å². The Kier molecular flexibility index (Phi) is 7.46. The first-order valence-electron chi connectivity index (χ1n) is 11.8. The number of allylic oxidation sites excluding steroid dienone is 3. The average molecular weight is 403 g/mol. The first-order chi connectivity index (χ1) is 13.7. The van der Waals surface area contributed by atoms with Gasteiger partial charge < -0.3 is 15.3 Å². The third kappa shape index (κ3) is 5.06. The largest absolute Gasteiger partial charge is 0.393 e. The highest BCUT2D eigenvalue weighted by molar-refractivity contribution is 5.29. The Morgan fingerprint density at radius 1 is 1.10 bits per heavy atom. The summed E-state index contributed by atoms with van der Waals surface area (Å²) >= 11 is 0. The van der Waals surface area contributed by atoms with Gasteiger partial charge in [0.25, 0.3) is 0 Å². The maximum absolute atomic E-state index is 10.1. The van der Waals surface area contributed by atoms with Crippen LogP contribution in [-0.2, 0) is 0 Å². The van der Waals surface area contributed by atoms with Gasteiger partial charge >= 0.3 is 0 Å². The van der Waals surface area contributed by atoms with E-state index in [4.69, 9.17) is 0 Å². The van der Waals surface area contributed by atoms with Crippen LogP contribution in [0.15, 0.2) is 35.5 Å². The first kappa shape index (κ1) is 22.8. The van der Waals surface area contributed by atoms with Crippen molar-refractivity contribution in [1.82, 2.24) is 0 Å². The molecule has 3 fully saturated rings. The van der Waals surface area contributed by atoms with E-state index in [2.05, 4.69) is 32.6 Å². The van der Waals surface area contributed by atoms with Gasteiger partial charge in [-0.3, -0.25) is 0 Å². The van der Waals surface area contributed by atoms with E-state index in [1.165, 1.54) is 38.5 Å². The molecule has 3 N–H and O–H groups in total. The van der Waals surface area contributed by atoms with Gasteiger partial charge in [0, 0.05) is 0 Å². The Morgan fingerprint density at radius 2 is 1.79 bits per heavy atom. The minimum atomic E-state index is -0.613. The van der Waals surface area contributed by atoms with Crippen molar-refractivity contribution in [1.29, 1.82) is 0 Å². The smallest absolute Gasteiger partial charge is 0.0809 e. The monoisotopic (exact) mass is 402 g/mol. The van der Waals surface area contributed by atoms with E-state index in [0.717, 1.165) is 30.3 Å². The van der Waals surface area contributed by atoms with Crippen LogP contribution in [0.4, 0.5) is 0 Å². The summed E-state index contributed by atoms with van der Waals surface area (Å²) in [6, 6.07) is 0. The molecule has 0 saturated heterocycles. The van der Waals surface area contributed by atoms with Crippen molar-refractivity contribution >= 4 is 0 Å². The van der Waals surface area contributed by atoms with Crippen molar-refractivity contribution < 1.29 is 15.3 Å². The lowest BCUT2D eigenvalue weighted by Crippen LogP contribution is -2.36. The van der Waals surface area contributed by atoms with Crippen molar-refractivity contribution in [3.63, 3.8) is 0 Å². The molecule has 3 saturated carbocycles. The van der Waals surface area contributed by atoms with Gasteiger partial charge in [0.1, 0.15) is 0 Å². The van der Waals surface area contributed by atoms with Gasteiger partial charge in [0.2, 0.25) is 0 Å². The van der Waals surface area contributed by atoms with E-state index in [0.29, 0.717) is 29.7 Å². The number of hydrogen-bond acceptors (Lipinski definition) is 3. The first-order valence-corrected chi connectivity index (χ1v) is 11.8. The molecule has 0 aromatic rings. The maximum Gasteiger partial charge on any atom is 0.0809 e. The average Bonchev–Trinajstić information content (AvgIpc) is 3.01. The molecule has 3 nitrogen and oxygen atoms in total. The minimum absolute atomic E-state index is 0.180. The van der Waals surface area contributed by atoms with E-state index in [-0.39, 0.29) is 6.10 Å². The molecule has 0 amide bonds. The quantitative estimate of drug-likeness (QED) is 0.527. The molecule has 3 aliphatic carbocycles. The van der Waals surface area contributed by atoms with Gasteiger partial charge in [0.05, 0.1) is 18.3 Å². The molecule has 29 heavy (non-hydrogen) atoms. The molecule has 0 bridgehead atoms. The molecule has 0 unspecified atom stereocenters. The molecule has 3 aliphatic rings. The fourth-order valence-corrected chi connectivity index (χ4v) is 6.58. The Labute approximate surface area is 177 Å². The number of fused-ring (bicyclic) bond motifs is 1. The predicted octanol–water partition coefficient (Wildman–Crippen LogP) is 5.31. The van der Waals surface area contributed by atoms with Gasteiger partial charge in [-0.25, -0.2) is 0 Å². The van der Waals surface area contributed by atoms with E-state index < -0.39 is 12.2 Å². The van der Waals surface area contributed by atoms with Crippen molar-refractivity contribution in [3.05, 3.63) is 35.5 Å². The van der Waals surface area contributed by atoms with Crippen molar-refractivity contribution in [3.8, 4) is 0 Å². The number of aliphatic hydroxyl groups excluding tert-OH is 3. The second-order valence-electron chi connectivity index (χ2n) is 10.4. The zero-order valence-corrected chi connectivity index (χ0v) is 18.7. The number of hydrogen-bond donors (Lipinski definition) is 3. The third-order valence-corrected chi connectivity index (χ3v) is 8.31. The topological polar surface area (TPSA) is 60.7 Å². The van der Waals surface area contributed by atoms with E-state index in [1.807, 2.05) is 6.92 Å². The minimum Gasteiger partial charge on any atom is -0.393 e. The van der Waals surface area contributed by atoms with E-state index >= 15 is 0 Å². The summed E-state index contributed by atoms with van der Waals surface area (Å²) in [7, 11) is 0. The van der Waals surface area contributed by atoms with Gasteiger partial charge in [-0.2, -0.15) is 0 Å². The van der Waals surface area contributed by atoms with Crippen LogP contribution >= 0.6 is 0 Å².